The van der Waals surface area contributed by atoms with Gasteiger partial charge in [0.25, 0.3) is 11.8 Å². The van der Waals surface area contributed by atoms with Crippen molar-refractivity contribution in [2.45, 2.75) is 33.0 Å². The Morgan fingerprint density at radius 2 is 1.55 bits per heavy atom. The van der Waals surface area contributed by atoms with E-state index in [-0.39, 0.29) is 31.4 Å². The number of nitrogens with zero attached hydrogens (tertiary/aromatic N) is 2. The Bertz CT molecular complexity index is 976. The number of carbonyl (C=O) groups is 3. The number of hydrogen-bond donors (Lipinski definition) is 0. The van der Waals surface area contributed by atoms with Crippen LogP contribution in [0.3, 0.4) is 0 Å². The molecule has 7 heteroatoms. The van der Waals surface area contributed by atoms with Crippen molar-refractivity contribution < 1.29 is 23.9 Å². The van der Waals surface area contributed by atoms with E-state index in [0.717, 1.165) is 5.56 Å². The van der Waals surface area contributed by atoms with Crippen LogP contribution in [0, 0.1) is 0 Å². The molecule has 0 radical (unpaired) electrons. The average molecular weight is 451 g/mol. The molecule has 0 bridgehead atoms. The lowest BCUT2D eigenvalue weighted by molar-refractivity contribution is 0.0248. The second-order valence-corrected chi connectivity index (χ2v) is 8.71. The quantitative estimate of drug-likeness (QED) is 0.324. The summed E-state index contributed by atoms with van der Waals surface area (Å²) in [6.07, 6.45) is 3.15. The molecule has 1 aliphatic rings. The molecule has 0 aliphatic carbocycles. The van der Waals surface area contributed by atoms with Crippen LogP contribution in [-0.4, -0.2) is 59.5 Å². The molecular weight excluding hydrogens is 420 g/mol. The number of amides is 3. The van der Waals surface area contributed by atoms with Crippen molar-refractivity contribution in [3.8, 4) is 0 Å². The normalized spacial score (nSPS) is 13.5. The van der Waals surface area contributed by atoms with Crippen molar-refractivity contribution >= 4 is 17.9 Å². The molecule has 1 heterocycles. The summed E-state index contributed by atoms with van der Waals surface area (Å²) in [4.78, 5) is 40.6. The fourth-order valence-corrected chi connectivity index (χ4v) is 3.34. The lowest BCUT2D eigenvalue weighted by atomic mass is 10.1. The van der Waals surface area contributed by atoms with E-state index < -0.39 is 11.7 Å². The first-order valence-corrected chi connectivity index (χ1v) is 11.0. The van der Waals surface area contributed by atoms with Gasteiger partial charge >= 0.3 is 6.09 Å². The van der Waals surface area contributed by atoms with Gasteiger partial charge in [0.1, 0.15) is 5.60 Å². The van der Waals surface area contributed by atoms with Gasteiger partial charge in [-0.25, -0.2) is 4.79 Å². The van der Waals surface area contributed by atoms with Crippen LogP contribution in [0.4, 0.5) is 4.79 Å². The number of carbonyl (C=O) groups excluding carboxylic acids is 3. The molecule has 2 aromatic carbocycles. The van der Waals surface area contributed by atoms with Crippen LogP contribution in [0.5, 0.6) is 0 Å². The van der Waals surface area contributed by atoms with Gasteiger partial charge in [-0.05, 0) is 38.5 Å². The van der Waals surface area contributed by atoms with Crippen LogP contribution in [0.1, 0.15) is 47.1 Å². The van der Waals surface area contributed by atoms with E-state index in [4.69, 9.17) is 9.47 Å². The zero-order chi connectivity index (χ0) is 23.8. The SMILES string of the molecule is CC(C)(C)OC(=O)N(C/C=C/COCc1ccccc1)CCN1C(=O)c2ccccc2C1=O. The first-order valence-electron chi connectivity index (χ1n) is 11.0. The van der Waals surface area contributed by atoms with Crippen molar-refractivity contribution in [1.29, 1.82) is 0 Å². The number of ether oxygens (including phenoxy) is 2. The standard InChI is InChI=1S/C26H30N2O5/c1-26(2,3)33-25(31)27(15-9-10-18-32-19-20-11-5-4-6-12-20)16-17-28-23(29)21-13-7-8-14-22(21)24(28)30/h4-14H,15-19H2,1-3H3/b10-9+. The highest BCUT2D eigenvalue weighted by atomic mass is 16.6. The van der Waals surface area contributed by atoms with E-state index in [2.05, 4.69) is 0 Å². The van der Waals surface area contributed by atoms with Crippen LogP contribution in [-0.2, 0) is 16.1 Å². The number of fused-ring (bicyclic) bond motifs is 1. The third-order valence-electron chi connectivity index (χ3n) is 4.94. The highest BCUT2D eigenvalue weighted by molar-refractivity contribution is 6.21. The van der Waals surface area contributed by atoms with Gasteiger partial charge < -0.3 is 14.4 Å². The molecule has 3 amide bonds. The Balaban J connectivity index is 1.56. The number of rotatable bonds is 9. The first-order chi connectivity index (χ1) is 15.8. The van der Waals surface area contributed by atoms with Gasteiger partial charge in [0.15, 0.2) is 0 Å². The summed E-state index contributed by atoms with van der Waals surface area (Å²) in [5.74, 6) is -0.686. The predicted octanol–water partition coefficient (Wildman–Crippen LogP) is 4.29. The van der Waals surface area contributed by atoms with Gasteiger partial charge in [0.2, 0.25) is 0 Å². The molecule has 0 aromatic heterocycles. The molecule has 2 aromatic rings. The molecule has 0 unspecified atom stereocenters. The fourth-order valence-electron chi connectivity index (χ4n) is 3.34. The summed E-state index contributed by atoms with van der Waals surface area (Å²) >= 11 is 0. The summed E-state index contributed by atoms with van der Waals surface area (Å²) in [5.41, 5.74) is 1.21. The Hall–Kier alpha value is -3.45. The summed E-state index contributed by atoms with van der Waals surface area (Å²) in [6.45, 7) is 6.80. The molecule has 7 nitrogen and oxygen atoms in total. The maximum atomic E-state index is 12.7. The Labute approximate surface area is 194 Å². The largest absolute Gasteiger partial charge is 0.444 e. The smallest absolute Gasteiger partial charge is 0.410 e. The maximum absolute atomic E-state index is 12.7. The van der Waals surface area contributed by atoms with E-state index in [9.17, 15) is 14.4 Å². The second-order valence-electron chi connectivity index (χ2n) is 8.71. The molecule has 0 fully saturated rings. The molecule has 174 valence electrons. The van der Waals surface area contributed by atoms with Crippen molar-refractivity contribution in [3.63, 3.8) is 0 Å². The topological polar surface area (TPSA) is 76.2 Å². The highest BCUT2D eigenvalue weighted by Crippen LogP contribution is 2.22. The summed E-state index contributed by atoms with van der Waals surface area (Å²) in [7, 11) is 0. The summed E-state index contributed by atoms with van der Waals surface area (Å²) in [5, 5.41) is 0. The summed E-state index contributed by atoms with van der Waals surface area (Å²) in [6, 6.07) is 16.6. The predicted molar refractivity (Wildman–Crippen MR) is 125 cm³/mol. The molecule has 33 heavy (non-hydrogen) atoms. The van der Waals surface area contributed by atoms with Gasteiger partial charge in [-0.3, -0.25) is 14.5 Å². The third-order valence-corrected chi connectivity index (χ3v) is 4.94. The Morgan fingerprint density at radius 3 is 2.15 bits per heavy atom. The first kappa shape index (κ1) is 24.2. The van der Waals surface area contributed by atoms with Crippen LogP contribution >= 0.6 is 0 Å². The summed E-state index contributed by atoms with van der Waals surface area (Å²) < 4.78 is 11.1. The van der Waals surface area contributed by atoms with Gasteiger partial charge in [-0.2, -0.15) is 0 Å². The molecule has 0 saturated heterocycles. The zero-order valence-electron chi connectivity index (χ0n) is 19.3. The van der Waals surface area contributed by atoms with Crippen molar-refractivity contribution in [1.82, 2.24) is 9.80 Å². The monoisotopic (exact) mass is 450 g/mol. The molecule has 0 atom stereocenters. The third kappa shape index (κ3) is 6.76. The van der Waals surface area contributed by atoms with Gasteiger partial charge in [-0.15, -0.1) is 0 Å². The molecule has 0 N–H and O–H groups in total. The average Bonchev–Trinajstić information content (AvgIpc) is 3.02. The minimum absolute atomic E-state index is 0.0872. The fraction of sp³-hybridized carbons (Fsp3) is 0.346. The number of imide groups is 1. The lowest BCUT2D eigenvalue weighted by Gasteiger charge is -2.27. The van der Waals surface area contributed by atoms with E-state index in [1.807, 2.05) is 42.5 Å². The molecule has 3 rings (SSSR count). The highest BCUT2D eigenvalue weighted by Gasteiger charge is 2.35. The van der Waals surface area contributed by atoms with Crippen LogP contribution < -0.4 is 0 Å². The lowest BCUT2D eigenvalue weighted by Crippen LogP contribution is -2.43. The van der Waals surface area contributed by atoms with Crippen molar-refractivity contribution in [2.75, 3.05) is 26.2 Å². The zero-order valence-corrected chi connectivity index (χ0v) is 19.3. The molecule has 1 aliphatic heterocycles. The Kier molecular flexibility index (Phi) is 8.01. The number of benzene rings is 2. The van der Waals surface area contributed by atoms with Crippen LogP contribution in [0.2, 0.25) is 0 Å². The van der Waals surface area contributed by atoms with E-state index in [1.54, 1.807) is 45.0 Å². The van der Waals surface area contributed by atoms with Gasteiger partial charge in [0.05, 0.1) is 24.3 Å². The van der Waals surface area contributed by atoms with Gasteiger partial charge in [-0.1, -0.05) is 54.6 Å². The molecule has 0 saturated carbocycles. The molecular formula is C26H30N2O5. The van der Waals surface area contributed by atoms with Crippen LogP contribution in [0.25, 0.3) is 0 Å². The molecule has 0 spiro atoms. The maximum Gasteiger partial charge on any atom is 0.410 e. The number of hydrogen-bond acceptors (Lipinski definition) is 5. The van der Waals surface area contributed by atoms with Crippen LogP contribution in [0.15, 0.2) is 66.7 Å². The Morgan fingerprint density at radius 1 is 0.939 bits per heavy atom. The van der Waals surface area contributed by atoms with Gasteiger partial charge in [0, 0.05) is 19.6 Å². The second kappa shape index (κ2) is 10.9. The van der Waals surface area contributed by atoms with E-state index >= 15 is 0 Å². The van der Waals surface area contributed by atoms with Crippen molar-refractivity contribution in [3.05, 3.63) is 83.4 Å². The van der Waals surface area contributed by atoms with Crippen molar-refractivity contribution in [2.24, 2.45) is 0 Å². The van der Waals surface area contributed by atoms with E-state index in [0.29, 0.717) is 24.3 Å². The van der Waals surface area contributed by atoms with E-state index in [1.165, 1.54) is 9.80 Å². The minimum Gasteiger partial charge on any atom is -0.444 e. The minimum atomic E-state index is -0.659.